The monoisotopic (exact) mass is 566 g/mol. The number of benzene rings is 3. The average Bonchev–Trinajstić information content (AvgIpc) is 3.38. The highest BCUT2D eigenvalue weighted by Crippen LogP contribution is 2.30. The normalized spacial score (nSPS) is 15.8. The van der Waals surface area contributed by atoms with Gasteiger partial charge in [-0.2, -0.15) is 13.5 Å². The van der Waals surface area contributed by atoms with Crippen molar-refractivity contribution in [2.45, 2.75) is 17.7 Å². The van der Waals surface area contributed by atoms with E-state index >= 15 is 0 Å². The molecule has 1 heterocycles. The summed E-state index contributed by atoms with van der Waals surface area (Å²) >= 11 is 5.87. The lowest BCUT2D eigenvalue weighted by molar-refractivity contribution is -0.137. The predicted octanol–water partition coefficient (Wildman–Crippen LogP) is 4.35. The van der Waals surface area contributed by atoms with Crippen molar-refractivity contribution in [2.24, 2.45) is 15.2 Å². The zero-order valence-corrected chi connectivity index (χ0v) is 22.7. The summed E-state index contributed by atoms with van der Waals surface area (Å²) in [4.78, 5) is 11.4. The molecular formula is C28H27ClN4O5S. The molecule has 202 valence electrons. The van der Waals surface area contributed by atoms with E-state index < -0.39 is 16.0 Å². The van der Waals surface area contributed by atoms with Gasteiger partial charge in [-0.05, 0) is 72.7 Å². The number of hydrazone groups is 1. The molecule has 3 aromatic rings. The molecule has 9 nitrogen and oxygen atoms in total. The van der Waals surface area contributed by atoms with Crippen LogP contribution in [0.5, 0.6) is 5.75 Å². The Morgan fingerprint density at radius 2 is 1.79 bits per heavy atom. The van der Waals surface area contributed by atoms with Crippen molar-refractivity contribution in [1.82, 2.24) is 5.01 Å². The number of hydrogen-bond acceptors (Lipinski definition) is 6. The van der Waals surface area contributed by atoms with Crippen molar-refractivity contribution < 1.29 is 22.7 Å². The SMILES string of the molecule is CCOC(=O)/C=C/COc1ccc(C2=NN(/C(N)=N/S(=O)(=O)c3ccc(Cl)cc3)CC2c2ccccc2)cc1. The van der Waals surface area contributed by atoms with Crippen LogP contribution in [0, 0.1) is 0 Å². The molecule has 4 rings (SSSR count). The maximum atomic E-state index is 12.8. The van der Waals surface area contributed by atoms with Crippen LogP contribution in [0.4, 0.5) is 0 Å². The molecule has 1 atom stereocenters. The van der Waals surface area contributed by atoms with E-state index in [4.69, 9.17) is 26.8 Å². The summed E-state index contributed by atoms with van der Waals surface area (Å²) in [6.07, 6.45) is 2.90. The number of halogens is 1. The lowest BCUT2D eigenvalue weighted by Crippen LogP contribution is -2.33. The Labute approximate surface area is 232 Å². The highest BCUT2D eigenvalue weighted by Gasteiger charge is 2.31. The number of ether oxygens (including phenoxy) is 2. The fourth-order valence-electron chi connectivity index (χ4n) is 3.88. The molecule has 11 heteroatoms. The van der Waals surface area contributed by atoms with Gasteiger partial charge in [0.25, 0.3) is 10.0 Å². The molecule has 1 aliphatic heterocycles. The Morgan fingerprint density at radius 3 is 2.46 bits per heavy atom. The number of guanidine groups is 1. The van der Waals surface area contributed by atoms with Crippen LogP contribution < -0.4 is 10.5 Å². The molecule has 0 saturated heterocycles. The smallest absolute Gasteiger partial charge is 0.330 e. The van der Waals surface area contributed by atoms with Gasteiger partial charge < -0.3 is 15.2 Å². The van der Waals surface area contributed by atoms with Gasteiger partial charge in [0.2, 0.25) is 5.96 Å². The van der Waals surface area contributed by atoms with Gasteiger partial charge in [-0.1, -0.05) is 41.9 Å². The third-order valence-corrected chi connectivity index (χ3v) is 7.29. The average molecular weight is 567 g/mol. The minimum atomic E-state index is -4.06. The maximum absolute atomic E-state index is 12.8. The van der Waals surface area contributed by atoms with Crippen LogP contribution in [0.1, 0.15) is 24.0 Å². The summed E-state index contributed by atoms with van der Waals surface area (Å²) in [7, 11) is -4.06. The first-order valence-electron chi connectivity index (χ1n) is 12.1. The van der Waals surface area contributed by atoms with E-state index in [0.29, 0.717) is 29.6 Å². The summed E-state index contributed by atoms with van der Waals surface area (Å²) < 4.78 is 39.9. The Kier molecular flexibility index (Phi) is 9.00. The lowest BCUT2D eigenvalue weighted by atomic mass is 9.90. The lowest BCUT2D eigenvalue weighted by Gasteiger charge is -2.15. The van der Waals surface area contributed by atoms with Crippen molar-refractivity contribution in [2.75, 3.05) is 19.8 Å². The van der Waals surface area contributed by atoms with E-state index in [0.717, 1.165) is 11.1 Å². The van der Waals surface area contributed by atoms with Crippen molar-refractivity contribution in [3.8, 4) is 5.75 Å². The fraction of sp³-hybridized carbons (Fsp3) is 0.179. The molecule has 0 radical (unpaired) electrons. The largest absolute Gasteiger partial charge is 0.490 e. The second-order valence-corrected chi connectivity index (χ2v) is 10.4. The number of rotatable bonds is 9. The van der Waals surface area contributed by atoms with Crippen molar-refractivity contribution in [3.05, 3.63) is 107 Å². The van der Waals surface area contributed by atoms with Gasteiger partial charge in [0.15, 0.2) is 0 Å². The van der Waals surface area contributed by atoms with Gasteiger partial charge in [0, 0.05) is 17.0 Å². The van der Waals surface area contributed by atoms with E-state index in [9.17, 15) is 13.2 Å². The standard InChI is InChI=1S/C28H27ClN4O5S/c1-2-37-26(34)9-6-18-38-23-14-10-21(11-15-23)27-25(20-7-4-3-5-8-20)19-33(31-27)28(30)32-39(35,36)24-16-12-22(29)13-17-24/h3-17,25H,2,18-19H2,1H3,(H2,30,32)/b9-6+. The summed E-state index contributed by atoms with van der Waals surface area (Å²) in [5, 5.41) is 6.46. The number of sulfonamides is 1. The molecule has 1 unspecified atom stereocenters. The van der Waals surface area contributed by atoms with Gasteiger partial charge in [-0.3, -0.25) is 0 Å². The van der Waals surface area contributed by atoms with Crippen LogP contribution in [0.2, 0.25) is 5.02 Å². The van der Waals surface area contributed by atoms with Crippen LogP contribution in [-0.4, -0.2) is 50.8 Å². The Balaban J connectivity index is 1.56. The van der Waals surface area contributed by atoms with E-state index in [2.05, 4.69) is 9.50 Å². The zero-order chi connectivity index (χ0) is 27.8. The molecule has 2 N–H and O–H groups in total. The molecular weight excluding hydrogens is 540 g/mol. The second kappa shape index (κ2) is 12.6. The number of esters is 1. The topological polar surface area (TPSA) is 124 Å². The minimum Gasteiger partial charge on any atom is -0.490 e. The number of carbonyl (C=O) groups is 1. The third-order valence-electron chi connectivity index (χ3n) is 5.74. The van der Waals surface area contributed by atoms with Crippen LogP contribution in [0.3, 0.4) is 0 Å². The molecule has 0 aromatic heterocycles. The fourth-order valence-corrected chi connectivity index (χ4v) is 4.93. The first kappa shape index (κ1) is 27.9. The van der Waals surface area contributed by atoms with Crippen molar-refractivity contribution in [3.63, 3.8) is 0 Å². The van der Waals surface area contributed by atoms with Gasteiger partial charge in [-0.15, -0.1) is 4.40 Å². The van der Waals surface area contributed by atoms with E-state index in [1.54, 1.807) is 25.1 Å². The van der Waals surface area contributed by atoms with Crippen molar-refractivity contribution >= 4 is 39.3 Å². The molecule has 0 amide bonds. The molecule has 39 heavy (non-hydrogen) atoms. The molecule has 0 bridgehead atoms. The molecule has 0 aliphatic carbocycles. The van der Waals surface area contributed by atoms with Crippen LogP contribution >= 0.6 is 11.6 Å². The third kappa shape index (κ3) is 7.24. The first-order valence-corrected chi connectivity index (χ1v) is 13.9. The molecule has 0 fully saturated rings. The Bertz CT molecular complexity index is 1490. The Morgan fingerprint density at radius 1 is 1.10 bits per heavy atom. The number of nitrogens with two attached hydrogens (primary N) is 1. The molecule has 0 saturated carbocycles. The maximum Gasteiger partial charge on any atom is 0.330 e. The van der Waals surface area contributed by atoms with Gasteiger partial charge >= 0.3 is 5.97 Å². The minimum absolute atomic E-state index is 0.0226. The quantitative estimate of drug-likeness (QED) is 0.177. The Hall–Kier alpha value is -4.15. The molecule has 3 aromatic carbocycles. The van der Waals surface area contributed by atoms with Gasteiger partial charge in [0.1, 0.15) is 12.4 Å². The highest BCUT2D eigenvalue weighted by molar-refractivity contribution is 7.90. The summed E-state index contributed by atoms with van der Waals surface area (Å²) in [6, 6.07) is 22.7. The number of hydrogen-bond donors (Lipinski definition) is 1. The number of carbonyl (C=O) groups excluding carboxylic acids is 1. The van der Waals surface area contributed by atoms with E-state index in [1.165, 1.54) is 35.4 Å². The summed E-state index contributed by atoms with van der Waals surface area (Å²) in [5.74, 6) is -0.239. The van der Waals surface area contributed by atoms with Crippen LogP contribution in [0.25, 0.3) is 0 Å². The van der Waals surface area contributed by atoms with Gasteiger partial charge in [-0.25, -0.2) is 9.80 Å². The second-order valence-electron chi connectivity index (χ2n) is 8.40. The van der Waals surface area contributed by atoms with E-state index in [1.807, 2.05) is 42.5 Å². The van der Waals surface area contributed by atoms with Gasteiger partial charge in [0.05, 0.1) is 23.8 Å². The summed E-state index contributed by atoms with van der Waals surface area (Å²) in [6.45, 7) is 2.56. The summed E-state index contributed by atoms with van der Waals surface area (Å²) in [5.41, 5.74) is 8.67. The predicted molar refractivity (Wildman–Crippen MR) is 150 cm³/mol. The van der Waals surface area contributed by atoms with Crippen molar-refractivity contribution in [1.29, 1.82) is 0 Å². The van der Waals surface area contributed by atoms with Crippen LogP contribution in [-0.2, 0) is 19.6 Å². The first-order chi connectivity index (χ1) is 18.8. The zero-order valence-electron chi connectivity index (χ0n) is 21.1. The van der Waals surface area contributed by atoms with Crippen LogP contribution in [0.15, 0.2) is 105 Å². The molecule has 1 aliphatic rings. The van der Waals surface area contributed by atoms with E-state index in [-0.39, 0.29) is 23.4 Å². The number of nitrogens with zero attached hydrogens (tertiary/aromatic N) is 3. The highest BCUT2D eigenvalue weighted by atomic mass is 35.5. The molecule has 0 spiro atoms.